The Morgan fingerprint density at radius 1 is 1.08 bits per heavy atom. The Hall–Kier alpha value is -4.33. The molecule has 200 valence electrons. The van der Waals surface area contributed by atoms with E-state index >= 15 is 0 Å². The van der Waals surface area contributed by atoms with Gasteiger partial charge in [-0.05, 0) is 79.8 Å². The summed E-state index contributed by atoms with van der Waals surface area (Å²) in [6, 6.07) is 20.2. The average Bonchev–Trinajstić information content (AvgIpc) is 3.49. The molecule has 0 saturated carbocycles. The molecule has 0 radical (unpaired) electrons. The SMILES string of the molecule is CN(C)CCN(c1ccc(N/C(=C2\C(=O)Nc3cc(C#N)ccc32)c2ccc3c(c2)CCO3)cc1)S(C)(=O)=O. The van der Waals surface area contributed by atoms with Crippen LogP contribution in [0.15, 0.2) is 60.7 Å². The van der Waals surface area contributed by atoms with Crippen LogP contribution in [0.3, 0.4) is 0 Å². The molecule has 0 aromatic heterocycles. The molecule has 2 aliphatic heterocycles. The average molecular weight is 544 g/mol. The minimum Gasteiger partial charge on any atom is -0.493 e. The highest BCUT2D eigenvalue weighted by atomic mass is 32.2. The van der Waals surface area contributed by atoms with E-state index in [4.69, 9.17) is 4.74 Å². The second-order valence-electron chi connectivity index (χ2n) is 9.81. The van der Waals surface area contributed by atoms with Crippen molar-refractivity contribution in [2.75, 3.05) is 55.0 Å². The van der Waals surface area contributed by atoms with Crippen molar-refractivity contribution in [2.45, 2.75) is 6.42 Å². The molecule has 9 nitrogen and oxygen atoms in total. The van der Waals surface area contributed by atoms with E-state index in [1.165, 1.54) is 10.6 Å². The second-order valence-corrected chi connectivity index (χ2v) is 11.7. The van der Waals surface area contributed by atoms with Crippen molar-refractivity contribution >= 4 is 44.3 Å². The normalized spacial score (nSPS) is 15.2. The van der Waals surface area contributed by atoms with Gasteiger partial charge in [-0.1, -0.05) is 6.07 Å². The summed E-state index contributed by atoms with van der Waals surface area (Å²) in [6.07, 6.45) is 1.98. The second kappa shape index (κ2) is 10.4. The zero-order valence-electron chi connectivity index (χ0n) is 22.0. The summed E-state index contributed by atoms with van der Waals surface area (Å²) < 4.78 is 32.0. The molecule has 0 fully saturated rings. The number of likely N-dealkylation sites (N-methyl/N-ethyl adjacent to an activating group) is 1. The summed E-state index contributed by atoms with van der Waals surface area (Å²) >= 11 is 0. The lowest BCUT2D eigenvalue weighted by Gasteiger charge is -2.24. The molecule has 2 aliphatic rings. The number of nitrogens with one attached hydrogen (secondary N) is 2. The number of ether oxygens (including phenoxy) is 1. The number of rotatable bonds is 8. The van der Waals surface area contributed by atoms with Crippen LogP contribution in [-0.4, -0.2) is 59.3 Å². The van der Waals surface area contributed by atoms with Crippen molar-refractivity contribution in [1.29, 1.82) is 5.26 Å². The van der Waals surface area contributed by atoms with Gasteiger partial charge in [0.25, 0.3) is 5.91 Å². The van der Waals surface area contributed by atoms with Crippen molar-refractivity contribution in [2.24, 2.45) is 0 Å². The van der Waals surface area contributed by atoms with Gasteiger partial charge in [0.2, 0.25) is 10.0 Å². The third-order valence-electron chi connectivity index (χ3n) is 6.70. The highest BCUT2D eigenvalue weighted by molar-refractivity contribution is 7.92. The van der Waals surface area contributed by atoms with Gasteiger partial charge < -0.3 is 20.3 Å². The van der Waals surface area contributed by atoms with Crippen LogP contribution in [0.1, 0.15) is 22.3 Å². The van der Waals surface area contributed by atoms with Crippen LogP contribution in [-0.2, 0) is 21.2 Å². The van der Waals surface area contributed by atoms with Crippen LogP contribution < -0.4 is 19.7 Å². The molecule has 3 aromatic rings. The summed E-state index contributed by atoms with van der Waals surface area (Å²) in [5.41, 5.74) is 5.92. The number of hydrogen-bond acceptors (Lipinski definition) is 7. The number of carbonyl (C=O) groups is 1. The fourth-order valence-electron chi connectivity index (χ4n) is 4.74. The summed E-state index contributed by atoms with van der Waals surface area (Å²) in [4.78, 5) is 15.2. The number of nitriles is 1. The molecule has 0 unspecified atom stereocenters. The largest absolute Gasteiger partial charge is 0.493 e. The molecule has 2 heterocycles. The summed E-state index contributed by atoms with van der Waals surface area (Å²) in [7, 11) is 0.321. The van der Waals surface area contributed by atoms with E-state index < -0.39 is 10.0 Å². The van der Waals surface area contributed by atoms with Crippen LogP contribution in [0.5, 0.6) is 5.75 Å². The standard InChI is InChI=1S/C29H29N5O4S/c1-33(2)13-14-34(39(3,36)37)23-8-6-22(7-9-23)31-28(21-5-11-26-20(17-21)12-15-38-26)27-24-10-4-19(18-30)16-25(24)32-29(27)35/h4-11,16-17,31H,12-15H2,1-3H3,(H,32,35)/b28-27-. The molecule has 3 aromatic carbocycles. The van der Waals surface area contributed by atoms with E-state index in [-0.39, 0.29) is 5.91 Å². The molecule has 10 heteroatoms. The first-order chi connectivity index (χ1) is 18.6. The number of fused-ring (bicyclic) bond motifs is 2. The molecular formula is C29H29N5O4S. The molecular weight excluding hydrogens is 514 g/mol. The summed E-state index contributed by atoms with van der Waals surface area (Å²) in [5, 5.41) is 15.6. The lowest BCUT2D eigenvalue weighted by molar-refractivity contribution is -0.110. The number of amides is 1. The van der Waals surface area contributed by atoms with Crippen LogP contribution in [0.25, 0.3) is 11.3 Å². The van der Waals surface area contributed by atoms with Gasteiger partial charge in [0.15, 0.2) is 0 Å². The number of anilines is 3. The molecule has 1 amide bonds. The predicted octanol–water partition coefficient (Wildman–Crippen LogP) is 3.75. The van der Waals surface area contributed by atoms with Gasteiger partial charge in [-0.15, -0.1) is 0 Å². The van der Waals surface area contributed by atoms with Crippen molar-refractivity contribution in [3.05, 3.63) is 82.9 Å². The smallest absolute Gasteiger partial charge is 0.258 e. The Morgan fingerprint density at radius 2 is 1.85 bits per heavy atom. The third-order valence-corrected chi connectivity index (χ3v) is 7.89. The maximum Gasteiger partial charge on any atom is 0.258 e. The monoisotopic (exact) mass is 543 g/mol. The minimum absolute atomic E-state index is 0.275. The Kier molecular flexibility index (Phi) is 7.04. The third kappa shape index (κ3) is 5.46. The molecule has 0 atom stereocenters. The fourth-order valence-corrected chi connectivity index (χ4v) is 5.66. The highest BCUT2D eigenvalue weighted by Crippen LogP contribution is 2.39. The number of hydrogen-bond donors (Lipinski definition) is 2. The first-order valence-corrected chi connectivity index (χ1v) is 14.3. The Balaban J connectivity index is 1.56. The maximum atomic E-state index is 13.3. The van der Waals surface area contributed by atoms with Gasteiger partial charge in [-0.25, -0.2) is 8.42 Å². The quantitative estimate of drug-likeness (QED) is 0.416. The molecule has 5 rings (SSSR count). The number of carbonyl (C=O) groups excluding carboxylic acids is 1. The number of benzene rings is 3. The van der Waals surface area contributed by atoms with E-state index in [1.54, 1.807) is 42.5 Å². The first kappa shape index (κ1) is 26.3. The number of sulfonamides is 1. The van der Waals surface area contributed by atoms with Crippen LogP contribution in [0, 0.1) is 11.3 Å². The minimum atomic E-state index is -3.47. The fraction of sp³-hybridized carbons (Fsp3) is 0.241. The topological polar surface area (TPSA) is 115 Å². The summed E-state index contributed by atoms with van der Waals surface area (Å²) in [6.45, 7) is 1.52. The Labute approximate surface area is 228 Å². The maximum absolute atomic E-state index is 13.3. The highest BCUT2D eigenvalue weighted by Gasteiger charge is 2.29. The van der Waals surface area contributed by atoms with Crippen LogP contribution >= 0.6 is 0 Å². The molecule has 0 spiro atoms. The van der Waals surface area contributed by atoms with Crippen molar-refractivity contribution < 1.29 is 17.9 Å². The van der Waals surface area contributed by atoms with Gasteiger partial charge in [0.1, 0.15) is 5.75 Å². The Morgan fingerprint density at radius 3 is 2.54 bits per heavy atom. The van der Waals surface area contributed by atoms with E-state index in [0.29, 0.717) is 59.2 Å². The lowest BCUT2D eigenvalue weighted by Crippen LogP contribution is -2.35. The van der Waals surface area contributed by atoms with Crippen molar-refractivity contribution in [1.82, 2.24) is 4.90 Å². The van der Waals surface area contributed by atoms with Crippen LogP contribution in [0.2, 0.25) is 0 Å². The Bertz CT molecular complexity index is 1620. The van der Waals surface area contributed by atoms with Gasteiger partial charge in [-0.3, -0.25) is 9.10 Å². The van der Waals surface area contributed by atoms with Crippen molar-refractivity contribution in [3.8, 4) is 11.8 Å². The summed E-state index contributed by atoms with van der Waals surface area (Å²) in [5.74, 6) is 0.559. The molecule has 2 N–H and O–H groups in total. The molecule has 0 saturated heterocycles. The molecule has 0 bridgehead atoms. The van der Waals surface area contributed by atoms with Gasteiger partial charge >= 0.3 is 0 Å². The van der Waals surface area contributed by atoms with Gasteiger partial charge in [0, 0.05) is 30.8 Å². The molecule has 0 aliphatic carbocycles. The zero-order chi connectivity index (χ0) is 27.7. The number of nitrogens with zero attached hydrogens (tertiary/aromatic N) is 3. The molecule has 39 heavy (non-hydrogen) atoms. The van der Waals surface area contributed by atoms with E-state index in [0.717, 1.165) is 23.3 Å². The van der Waals surface area contributed by atoms with E-state index in [9.17, 15) is 18.5 Å². The lowest BCUT2D eigenvalue weighted by atomic mass is 9.97. The van der Waals surface area contributed by atoms with Crippen molar-refractivity contribution in [3.63, 3.8) is 0 Å². The van der Waals surface area contributed by atoms with E-state index in [2.05, 4.69) is 16.7 Å². The van der Waals surface area contributed by atoms with Crippen LogP contribution in [0.4, 0.5) is 17.1 Å². The van der Waals surface area contributed by atoms with Gasteiger partial charge in [-0.2, -0.15) is 5.26 Å². The predicted molar refractivity (Wildman–Crippen MR) is 153 cm³/mol. The first-order valence-electron chi connectivity index (χ1n) is 12.5. The van der Waals surface area contributed by atoms with E-state index in [1.807, 2.05) is 37.2 Å². The zero-order valence-corrected chi connectivity index (χ0v) is 22.8. The van der Waals surface area contributed by atoms with Gasteiger partial charge in [0.05, 0.1) is 47.1 Å².